The van der Waals surface area contributed by atoms with Gasteiger partial charge in [0.15, 0.2) is 5.65 Å². The normalized spacial score (nSPS) is 11.4. The number of halogens is 2. The van der Waals surface area contributed by atoms with Crippen LogP contribution in [0.3, 0.4) is 0 Å². The Balaban J connectivity index is 2.60. The SMILES string of the molecule is Cc1cc2nc(Cl)c3cnc(Cl)cc3n2n1. The largest absolute Gasteiger partial charge is 0.244 e. The van der Waals surface area contributed by atoms with Gasteiger partial charge in [0.2, 0.25) is 0 Å². The molecular weight excluding hydrogens is 247 g/mol. The second-order valence-corrected chi connectivity index (χ2v) is 4.23. The summed E-state index contributed by atoms with van der Waals surface area (Å²) in [6.45, 7) is 1.90. The zero-order valence-electron chi connectivity index (χ0n) is 8.28. The van der Waals surface area contributed by atoms with E-state index in [-0.39, 0.29) is 0 Å². The van der Waals surface area contributed by atoms with Crippen molar-refractivity contribution in [2.75, 3.05) is 0 Å². The van der Waals surface area contributed by atoms with E-state index in [0.29, 0.717) is 16.0 Å². The Labute approximate surface area is 101 Å². The smallest absolute Gasteiger partial charge is 0.157 e. The number of rotatable bonds is 0. The standard InChI is InChI=1S/C10H6Cl2N4/c1-5-2-9-14-10(12)6-4-13-8(11)3-7(6)16(9)15-5/h2-4H,1H3. The van der Waals surface area contributed by atoms with E-state index in [1.165, 1.54) is 0 Å². The van der Waals surface area contributed by atoms with Crippen molar-refractivity contribution < 1.29 is 0 Å². The monoisotopic (exact) mass is 252 g/mol. The molecule has 4 nitrogen and oxygen atoms in total. The summed E-state index contributed by atoms with van der Waals surface area (Å²) >= 11 is 11.9. The lowest BCUT2D eigenvalue weighted by molar-refractivity contribution is 0.954. The molecule has 80 valence electrons. The first kappa shape index (κ1) is 9.81. The summed E-state index contributed by atoms with van der Waals surface area (Å²) in [5, 5.41) is 5.89. The predicted molar refractivity (Wildman–Crippen MR) is 63.0 cm³/mol. The molecule has 0 unspecified atom stereocenters. The van der Waals surface area contributed by atoms with Crippen molar-refractivity contribution in [1.82, 2.24) is 19.6 Å². The molecule has 16 heavy (non-hydrogen) atoms. The number of hydrogen-bond donors (Lipinski definition) is 0. The average molecular weight is 253 g/mol. The van der Waals surface area contributed by atoms with Crippen LogP contribution in [0.15, 0.2) is 18.3 Å². The number of nitrogens with zero attached hydrogens (tertiary/aromatic N) is 4. The summed E-state index contributed by atoms with van der Waals surface area (Å²) in [6, 6.07) is 3.59. The Hall–Kier alpha value is -1.39. The van der Waals surface area contributed by atoms with Crippen LogP contribution in [-0.4, -0.2) is 19.6 Å². The molecule has 3 aromatic heterocycles. The number of aryl methyl sites for hydroxylation is 1. The minimum absolute atomic E-state index is 0.407. The molecule has 0 bridgehead atoms. The van der Waals surface area contributed by atoms with E-state index >= 15 is 0 Å². The minimum Gasteiger partial charge on any atom is -0.244 e. The zero-order chi connectivity index (χ0) is 11.3. The summed E-state index contributed by atoms with van der Waals surface area (Å²) in [5.74, 6) is 0. The number of pyridine rings is 1. The van der Waals surface area contributed by atoms with Crippen LogP contribution in [0, 0.1) is 6.92 Å². The van der Waals surface area contributed by atoms with Gasteiger partial charge in [-0.2, -0.15) is 5.10 Å². The van der Waals surface area contributed by atoms with Gasteiger partial charge in [-0.3, -0.25) is 0 Å². The Kier molecular flexibility index (Phi) is 2.02. The van der Waals surface area contributed by atoms with Crippen molar-refractivity contribution in [1.29, 1.82) is 0 Å². The fourth-order valence-electron chi connectivity index (χ4n) is 1.66. The quantitative estimate of drug-likeness (QED) is 0.457. The van der Waals surface area contributed by atoms with Crippen LogP contribution in [0.1, 0.15) is 5.69 Å². The first-order valence-corrected chi connectivity index (χ1v) is 5.38. The lowest BCUT2D eigenvalue weighted by Crippen LogP contribution is -1.95. The lowest BCUT2D eigenvalue weighted by atomic mass is 10.3. The number of hydrogen-bond acceptors (Lipinski definition) is 3. The highest BCUT2D eigenvalue weighted by molar-refractivity contribution is 6.34. The van der Waals surface area contributed by atoms with Gasteiger partial charge in [0, 0.05) is 18.3 Å². The second kappa shape index (κ2) is 3.30. The van der Waals surface area contributed by atoms with Gasteiger partial charge in [0.1, 0.15) is 10.3 Å². The number of aromatic nitrogens is 4. The predicted octanol–water partition coefficient (Wildman–Crippen LogP) is 2.89. The Morgan fingerprint density at radius 1 is 1.25 bits per heavy atom. The molecule has 0 saturated carbocycles. The molecule has 0 aliphatic heterocycles. The topological polar surface area (TPSA) is 43.1 Å². The third-order valence-corrected chi connectivity index (χ3v) is 2.82. The summed E-state index contributed by atoms with van der Waals surface area (Å²) < 4.78 is 1.71. The van der Waals surface area contributed by atoms with Crippen molar-refractivity contribution in [3.63, 3.8) is 0 Å². The van der Waals surface area contributed by atoms with Crippen molar-refractivity contribution >= 4 is 39.8 Å². The third kappa shape index (κ3) is 1.34. The molecule has 0 spiro atoms. The van der Waals surface area contributed by atoms with Crippen LogP contribution in [0.5, 0.6) is 0 Å². The lowest BCUT2D eigenvalue weighted by Gasteiger charge is -2.02. The van der Waals surface area contributed by atoms with E-state index in [0.717, 1.165) is 16.6 Å². The molecule has 0 N–H and O–H groups in total. The Morgan fingerprint density at radius 2 is 2.06 bits per heavy atom. The Bertz CT molecular complexity index is 705. The maximum Gasteiger partial charge on any atom is 0.157 e. The van der Waals surface area contributed by atoms with Crippen molar-refractivity contribution in [3.8, 4) is 0 Å². The van der Waals surface area contributed by atoms with E-state index in [1.54, 1.807) is 16.8 Å². The van der Waals surface area contributed by atoms with Gasteiger partial charge in [0.05, 0.1) is 16.6 Å². The molecule has 3 heterocycles. The second-order valence-electron chi connectivity index (χ2n) is 3.48. The number of fused-ring (bicyclic) bond motifs is 3. The third-order valence-electron chi connectivity index (χ3n) is 2.32. The van der Waals surface area contributed by atoms with Crippen LogP contribution in [0.4, 0.5) is 0 Å². The average Bonchev–Trinajstić information content (AvgIpc) is 2.59. The minimum atomic E-state index is 0.407. The molecule has 3 aromatic rings. The van der Waals surface area contributed by atoms with Crippen molar-refractivity contribution in [2.24, 2.45) is 0 Å². The van der Waals surface area contributed by atoms with Gasteiger partial charge in [-0.25, -0.2) is 14.5 Å². The zero-order valence-corrected chi connectivity index (χ0v) is 9.79. The van der Waals surface area contributed by atoms with E-state index in [4.69, 9.17) is 23.2 Å². The molecule has 0 saturated heterocycles. The maximum absolute atomic E-state index is 6.06. The molecule has 0 amide bonds. The fraction of sp³-hybridized carbons (Fsp3) is 0.100. The molecule has 0 atom stereocenters. The van der Waals surface area contributed by atoms with Gasteiger partial charge >= 0.3 is 0 Å². The summed E-state index contributed by atoms with van der Waals surface area (Å²) in [4.78, 5) is 8.22. The molecule has 0 fully saturated rings. The molecule has 0 aromatic carbocycles. The summed E-state index contributed by atoms with van der Waals surface area (Å²) in [5.41, 5.74) is 2.39. The van der Waals surface area contributed by atoms with Gasteiger partial charge in [0.25, 0.3) is 0 Å². The van der Waals surface area contributed by atoms with Crippen molar-refractivity contribution in [3.05, 3.63) is 34.3 Å². The maximum atomic E-state index is 6.06. The van der Waals surface area contributed by atoms with Crippen LogP contribution < -0.4 is 0 Å². The van der Waals surface area contributed by atoms with E-state index < -0.39 is 0 Å². The van der Waals surface area contributed by atoms with Crippen LogP contribution >= 0.6 is 23.2 Å². The molecule has 0 aliphatic rings. The van der Waals surface area contributed by atoms with Gasteiger partial charge < -0.3 is 0 Å². The van der Waals surface area contributed by atoms with Gasteiger partial charge in [-0.15, -0.1) is 0 Å². The highest BCUT2D eigenvalue weighted by Gasteiger charge is 2.09. The van der Waals surface area contributed by atoms with E-state index in [9.17, 15) is 0 Å². The molecule has 6 heteroatoms. The van der Waals surface area contributed by atoms with Crippen LogP contribution in [0.2, 0.25) is 10.3 Å². The van der Waals surface area contributed by atoms with Crippen molar-refractivity contribution in [2.45, 2.75) is 6.92 Å². The van der Waals surface area contributed by atoms with E-state index in [1.807, 2.05) is 13.0 Å². The molecule has 3 rings (SSSR count). The van der Waals surface area contributed by atoms with Crippen LogP contribution in [0.25, 0.3) is 16.6 Å². The first-order valence-electron chi connectivity index (χ1n) is 4.62. The summed E-state index contributed by atoms with van der Waals surface area (Å²) in [6.07, 6.45) is 1.60. The van der Waals surface area contributed by atoms with Gasteiger partial charge in [-0.1, -0.05) is 23.2 Å². The first-order chi connectivity index (χ1) is 7.65. The fourth-order valence-corrected chi connectivity index (χ4v) is 2.04. The molecular formula is C10H6Cl2N4. The summed E-state index contributed by atoms with van der Waals surface area (Å²) in [7, 11) is 0. The Morgan fingerprint density at radius 3 is 2.88 bits per heavy atom. The highest BCUT2D eigenvalue weighted by atomic mass is 35.5. The molecule has 0 aliphatic carbocycles. The van der Waals surface area contributed by atoms with Crippen LogP contribution in [-0.2, 0) is 0 Å². The molecule has 0 radical (unpaired) electrons. The van der Waals surface area contributed by atoms with E-state index in [2.05, 4.69) is 15.1 Å². The highest BCUT2D eigenvalue weighted by Crippen LogP contribution is 2.24. The van der Waals surface area contributed by atoms with Gasteiger partial charge in [-0.05, 0) is 6.92 Å².